The summed E-state index contributed by atoms with van der Waals surface area (Å²) in [5.41, 5.74) is 5.02. The monoisotopic (exact) mass is 377 g/mol. The number of amides is 2. The van der Waals surface area contributed by atoms with Gasteiger partial charge < -0.3 is 15.1 Å². The zero-order valence-corrected chi connectivity index (χ0v) is 16.4. The van der Waals surface area contributed by atoms with Crippen LogP contribution >= 0.6 is 0 Å². The number of likely N-dealkylation sites (tertiary alicyclic amines) is 1. The standard InChI is InChI=1S/C23H27N3O2/c1-17(27)24-20-9-10-22(21(15-20)23(28)25-12-5-2-6-13-25)26-14-11-18-7-3-4-8-19(18)16-26/h3-4,7-10,15H,2,5-6,11-14,16H2,1H3,(H,24,27). The van der Waals surface area contributed by atoms with Crippen LogP contribution in [-0.4, -0.2) is 36.3 Å². The molecular weight excluding hydrogens is 350 g/mol. The summed E-state index contributed by atoms with van der Waals surface area (Å²) in [7, 11) is 0. The van der Waals surface area contributed by atoms with Gasteiger partial charge in [-0.2, -0.15) is 0 Å². The SMILES string of the molecule is CC(=O)Nc1ccc(N2CCc3ccccc3C2)c(C(=O)N2CCCCC2)c1. The number of carbonyl (C=O) groups is 2. The zero-order valence-electron chi connectivity index (χ0n) is 16.4. The van der Waals surface area contributed by atoms with Gasteiger partial charge in [0, 0.05) is 44.5 Å². The Kier molecular flexibility index (Phi) is 5.33. The van der Waals surface area contributed by atoms with Gasteiger partial charge in [0.25, 0.3) is 5.91 Å². The molecule has 5 heteroatoms. The number of carbonyl (C=O) groups excluding carboxylic acids is 2. The molecular formula is C23H27N3O2. The molecule has 0 aliphatic carbocycles. The molecule has 0 atom stereocenters. The second kappa shape index (κ2) is 8.05. The van der Waals surface area contributed by atoms with Crippen LogP contribution in [0.25, 0.3) is 0 Å². The van der Waals surface area contributed by atoms with Gasteiger partial charge in [-0.25, -0.2) is 0 Å². The number of rotatable bonds is 3. The predicted molar refractivity (Wildman–Crippen MR) is 112 cm³/mol. The molecule has 28 heavy (non-hydrogen) atoms. The number of anilines is 2. The van der Waals surface area contributed by atoms with Gasteiger partial charge in [-0.3, -0.25) is 9.59 Å². The molecule has 1 N–H and O–H groups in total. The molecule has 2 aliphatic rings. The summed E-state index contributed by atoms with van der Waals surface area (Å²) in [5.74, 6) is -0.0585. The van der Waals surface area contributed by atoms with Crippen molar-refractivity contribution in [2.75, 3.05) is 29.9 Å². The molecule has 0 bridgehead atoms. The zero-order chi connectivity index (χ0) is 19.5. The second-order valence-corrected chi connectivity index (χ2v) is 7.71. The van der Waals surface area contributed by atoms with E-state index in [2.05, 4.69) is 34.5 Å². The van der Waals surface area contributed by atoms with E-state index in [-0.39, 0.29) is 11.8 Å². The fourth-order valence-corrected chi connectivity index (χ4v) is 4.23. The van der Waals surface area contributed by atoms with E-state index in [9.17, 15) is 9.59 Å². The lowest BCUT2D eigenvalue weighted by Gasteiger charge is -2.34. The van der Waals surface area contributed by atoms with Crippen molar-refractivity contribution in [1.29, 1.82) is 0 Å². The summed E-state index contributed by atoms with van der Waals surface area (Å²) >= 11 is 0. The summed E-state index contributed by atoms with van der Waals surface area (Å²) in [6.45, 7) is 4.80. The molecule has 2 aromatic rings. The van der Waals surface area contributed by atoms with Crippen molar-refractivity contribution in [3.8, 4) is 0 Å². The molecule has 0 saturated carbocycles. The van der Waals surface area contributed by atoms with Crippen LogP contribution in [0.1, 0.15) is 47.7 Å². The lowest BCUT2D eigenvalue weighted by Crippen LogP contribution is -2.38. The maximum atomic E-state index is 13.3. The summed E-state index contributed by atoms with van der Waals surface area (Å²) in [5, 5.41) is 2.82. The molecule has 1 fully saturated rings. The Labute approximate surface area is 166 Å². The minimum atomic E-state index is -0.129. The van der Waals surface area contributed by atoms with Crippen LogP contribution in [0.4, 0.5) is 11.4 Å². The molecule has 2 aromatic carbocycles. The number of hydrogen-bond donors (Lipinski definition) is 1. The van der Waals surface area contributed by atoms with Crippen molar-refractivity contribution >= 4 is 23.2 Å². The van der Waals surface area contributed by atoms with E-state index in [4.69, 9.17) is 0 Å². The van der Waals surface area contributed by atoms with Gasteiger partial charge >= 0.3 is 0 Å². The molecule has 2 heterocycles. The topological polar surface area (TPSA) is 52.7 Å². The molecule has 0 radical (unpaired) electrons. The van der Waals surface area contributed by atoms with Crippen molar-refractivity contribution in [3.63, 3.8) is 0 Å². The highest BCUT2D eigenvalue weighted by Gasteiger charge is 2.25. The first-order chi connectivity index (χ1) is 13.6. The van der Waals surface area contributed by atoms with Crippen molar-refractivity contribution < 1.29 is 9.59 Å². The highest BCUT2D eigenvalue weighted by Crippen LogP contribution is 2.31. The number of hydrogen-bond acceptors (Lipinski definition) is 3. The fraction of sp³-hybridized carbons (Fsp3) is 0.391. The summed E-state index contributed by atoms with van der Waals surface area (Å²) < 4.78 is 0. The van der Waals surface area contributed by atoms with E-state index < -0.39 is 0 Å². The highest BCUT2D eigenvalue weighted by atomic mass is 16.2. The number of nitrogens with one attached hydrogen (secondary N) is 1. The van der Waals surface area contributed by atoms with E-state index in [1.807, 2.05) is 23.1 Å². The van der Waals surface area contributed by atoms with Crippen LogP contribution in [-0.2, 0) is 17.8 Å². The van der Waals surface area contributed by atoms with Crippen LogP contribution in [0.5, 0.6) is 0 Å². The van der Waals surface area contributed by atoms with Gasteiger partial charge in [-0.05, 0) is 55.0 Å². The Morgan fingerprint density at radius 1 is 0.929 bits per heavy atom. The maximum absolute atomic E-state index is 13.3. The van der Waals surface area contributed by atoms with Crippen LogP contribution in [0, 0.1) is 0 Å². The molecule has 2 amide bonds. The first-order valence-corrected chi connectivity index (χ1v) is 10.1. The molecule has 2 aliphatic heterocycles. The Bertz CT molecular complexity index is 887. The molecule has 146 valence electrons. The van der Waals surface area contributed by atoms with Crippen molar-refractivity contribution in [1.82, 2.24) is 4.90 Å². The van der Waals surface area contributed by atoms with E-state index in [1.165, 1.54) is 24.5 Å². The average molecular weight is 377 g/mol. The minimum Gasteiger partial charge on any atom is -0.366 e. The number of piperidine rings is 1. The van der Waals surface area contributed by atoms with Crippen molar-refractivity contribution in [2.24, 2.45) is 0 Å². The minimum absolute atomic E-state index is 0.0701. The van der Waals surface area contributed by atoms with Gasteiger partial charge in [0.1, 0.15) is 0 Å². The predicted octanol–water partition coefficient (Wildman–Crippen LogP) is 3.83. The van der Waals surface area contributed by atoms with Crippen LogP contribution in [0.15, 0.2) is 42.5 Å². The summed E-state index contributed by atoms with van der Waals surface area (Å²) in [6.07, 6.45) is 4.28. The normalized spacial score (nSPS) is 16.5. The Balaban J connectivity index is 1.67. The smallest absolute Gasteiger partial charge is 0.256 e. The third kappa shape index (κ3) is 3.88. The average Bonchev–Trinajstić information content (AvgIpc) is 2.73. The third-order valence-electron chi connectivity index (χ3n) is 5.66. The number of nitrogens with zero attached hydrogens (tertiary/aromatic N) is 2. The van der Waals surface area contributed by atoms with Crippen molar-refractivity contribution in [2.45, 2.75) is 39.2 Å². The maximum Gasteiger partial charge on any atom is 0.256 e. The molecule has 0 aromatic heterocycles. The van der Waals surface area contributed by atoms with Crippen LogP contribution in [0.2, 0.25) is 0 Å². The lowest BCUT2D eigenvalue weighted by molar-refractivity contribution is -0.114. The second-order valence-electron chi connectivity index (χ2n) is 7.71. The molecule has 0 unspecified atom stereocenters. The first kappa shape index (κ1) is 18.5. The van der Waals surface area contributed by atoms with E-state index in [0.717, 1.165) is 51.1 Å². The van der Waals surface area contributed by atoms with E-state index in [1.54, 1.807) is 0 Å². The summed E-state index contributed by atoms with van der Waals surface area (Å²) in [6, 6.07) is 14.2. The summed E-state index contributed by atoms with van der Waals surface area (Å²) in [4.78, 5) is 29.1. The largest absolute Gasteiger partial charge is 0.366 e. The number of fused-ring (bicyclic) bond motifs is 1. The van der Waals surface area contributed by atoms with Gasteiger partial charge in [-0.15, -0.1) is 0 Å². The Morgan fingerprint density at radius 3 is 2.43 bits per heavy atom. The first-order valence-electron chi connectivity index (χ1n) is 10.1. The Morgan fingerprint density at radius 2 is 1.68 bits per heavy atom. The molecule has 5 nitrogen and oxygen atoms in total. The van der Waals surface area contributed by atoms with Gasteiger partial charge in [0.05, 0.1) is 5.56 Å². The highest BCUT2D eigenvalue weighted by molar-refractivity contribution is 6.02. The van der Waals surface area contributed by atoms with Crippen LogP contribution < -0.4 is 10.2 Å². The molecule has 4 rings (SSSR count). The van der Waals surface area contributed by atoms with Gasteiger partial charge in [0.2, 0.25) is 5.91 Å². The van der Waals surface area contributed by atoms with Crippen molar-refractivity contribution in [3.05, 3.63) is 59.2 Å². The molecule has 0 spiro atoms. The quantitative estimate of drug-likeness (QED) is 0.884. The number of benzene rings is 2. The molecule has 1 saturated heterocycles. The van der Waals surface area contributed by atoms with Gasteiger partial charge in [0.15, 0.2) is 0 Å². The third-order valence-corrected chi connectivity index (χ3v) is 5.66. The van der Waals surface area contributed by atoms with E-state index >= 15 is 0 Å². The van der Waals surface area contributed by atoms with Gasteiger partial charge in [-0.1, -0.05) is 24.3 Å². The Hall–Kier alpha value is -2.82. The van der Waals surface area contributed by atoms with E-state index in [0.29, 0.717) is 11.3 Å². The lowest BCUT2D eigenvalue weighted by atomic mass is 9.98. The fourth-order valence-electron chi connectivity index (χ4n) is 4.23. The van der Waals surface area contributed by atoms with Crippen LogP contribution in [0.3, 0.4) is 0 Å².